The van der Waals surface area contributed by atoms with Crippen LogP contribution in [0, 0.1) is 5.92 Å². The molecule has 1 aromatic heterocycles. The lowest BCUT2D eigenvalue weighted by atomic mass is 9.85. The molecular formula is C21H26N6O2. The first-order chi connectivity index (χ1) is 14.1. The number of carbonyl (C=O) groups excluding carboxylic acids is 2. The fourth-order valence-electron chi connectivity index (χ4n) is 4.40. The zero-order valence-corrected chi connectivity index (χ0v) is 16.4. The van der Waals surface area contributed by atoms with Crippen LogP contribution in [0.3, 0.4) is 0 Å². The van der Waals surface area contributed by atoms with Crippen LogP contribution in [0.1, 0.15) is 48.9 Å². The fraction of sp³-hybridized carbons (Fsp3) is 0.524. The molecule has 29 heavy (non-hydrogen) atoms. The van der Waals surface area contributed by atoms with Crippen LogP contribution in [0.5, 0.6) is 0 Å². The second-order valence-corrected chi connectivity index (χ2v) is 8.53. The Morgan fingerprint density at radius 3 is 2.34 bits per heavy atom. The predicted molar refractivity (Wildman–Crippen MR) is 107 cm³/mol. The molecule has 5 rings (SSSR count). The van der Waals surface area contributed by atoms with Gasteiger partial charge >= 0.3 is 6.03 Å². The van der Waals surface area contributed by atoms with Gasteiger partial charge in [-0.3, -0.25) is 4.79 Å². The maximum atomic E-state index is 12.6. The number of hydrogen-bond acceptors (Lipinski definition) is 4. The molecule has 3 aliphatic rings. The number of aromatic nitrogens is 3. The zero-order valence-electron chi connectivity index (χ0n) is 16.4. The smallest absolute Gasteiger partial charge is 0.320 e. The minimum atomic E-state index is -0.312. The topological polar surface area (TPSA) is 108 Å². The van der Waals surface area contributed by atoms with Gasteiger partial charge < -0.3 is 20.5 Å². The maximum Gasteiger partial charge on any atom is 0.320 e. The number of amides is 3. The zero-order chi connectivity index (χ0) is 20.0. The third kappa shape index (κ3) is 3.36. The number of rotatable bonds is 4. The molecule has 1 saturated carbocycles. The molecule has 152 valence electrons. The first-order valence-electron chi connectivity index (χ1n) is 10.4. The van der Waals surface area contributed by atoms with Crippen LogP contribution in [0.4, 0.5) is 4.79 Å². The third-order valence-electron chi connectivity index (χ3n) is 6.66. The average Bonchev–Trinajstić information content (AvgIpc) is 3.29. The van der Waals surface area contributed by atoms with Gasteiger partial charge in [-0.05, 0) is 24.8 Å². The molecule has 2 saturated heterocycles. The summed E-state index contributed by atoms with van der Waals surface area (Å²) in [5, 5.41) is 8.60. The van der Waals surface area contributed by atoms with Gasteiger partial charge in [0.15, 0.2) is 5.82 Å². The SMILES string of the molecule is NC(=O)[C@H]1CCN(C(=O)N2CC(c3ccc(-c4nnc(C5CCC5)[nH]4)cc3)C2)C1. The summed E-state index contributed by atoms with van der Waals surface area (Å²) in [5.74, 6) is 2.20. The summed E-state index contributed by atoms with van der Waals surface area (Å²) in [7, 11) is 0. The number of nitrogens with two attached hydrogens (primary N) is 1. The van der Waals surface area contributed by atoms with Crippen molar-refractivity contribution >= 4 is 11.9 Å². The van der Waals surface area contributed by atoms with Gasteiger partial charge in [0, 0.05) is 43.6 Å². The average molecular weight is 394 g/mol. The number of benzene rings is 1. The Hall–Kier alpha value is -2.90. The molecule has 1 aromatic carbocycles. The van der Waals surface area contributed by atoms with E-state index >= 15 is 0 Å². The number of H-pyrrole nitrogens is 1. The molecule has 2 aliphatic heterocycles. The lowest BCUT2D eigenvalue weighted by Crippen LogP contribution is -2.53. The Morgan fingerprint density at radius 2 is 1.72 bits per heavy atom. The normalized spacial score (nSPS) is 22.4. The molecule has 8 nitrogen and oxygen atoms in total. The number of likely N-dealkylation sites (tertiary alicyclic amines) is 2. The van der Waals surface area contributed by atoms with Crippen molar-refractivity contribution in [2.75, 3.05) is 26.2 Å². The molecule has 8 heteroatoms. The second kappa shape index (κ2) is 7.17. The van der Waals surface area contributed by atoms with Crippen molar-refractivity contribution in [3.8, 4) is 11.4 Å². The van der Waals surface area contributed by atoms with Gasteiger partial charge in [0.1, 0.15) is 5.82 Å². The predicted octanol–water partition coefficient (Wildman–Crippen LogP) is 2.07. The van der Waals surface area contributed by atoms with Crippen molar-refractivity contribution in [1.82, 2.24) is 25.0 Å². The van der Waals surface area contributed by atoms with Crippen LogP contribution in [0.15, 0.2) is 24.3 Å². The molecule has 0 unspecified atom stereocenters. The van der Waals surface area contributed by atoms with E-state index in [-0.39, 0.29) is 17.9 Å². The number of carbonyl (C=O) groups is 2. The van der Waals surface area contributed by atoms with Crippen molar-refractivity contribution in [3.63, 3.8) is 0 Å². The molecular weight excluding hydrogens is 368 g/mol. The minimum Gasteiger partial charge on any atom is -0.369 e. The highest BCUT2D eigenvalue weighted by atomic mass is 16.2. The van der Waals surface area contributed by atoms with Gasteiger partial charge in [0.25, 0.3) is 0 Å². The van der Waals surface area contributed by atoms with E-state index in [2.05, 4.69) is 39.4 Å². The second-order valence-electron chi connectivity index (χ2n) is 8.53. The van der Waals surface area contributed by atoms with E-state index in [1.807, 2.05) is 4.90 Å². The van der Waals surface area contributed by atoms with Crippen LogP contribution in [0.2, 0.25) is 0 Å². The van der Waals surface area contributed by atoms with Gasteiger partial charge in [-0.1, -0.05) is 30.7 Å². The van der Waals surface area contributed by atoms with Crippen LogP contribution < -0.4 is 5.73 Å². The highest BCUT2D eigenvalue weighted by Crippen LogP contribution is 2.35. The van der Waals surface area contributed by atoms with E-state index in [0.29, 0.717) is 44.4 Å². The minimum absolute atomic E-state index is 0.0202. The molecule has 2 aromatic rings. The van der Waals surface area contributed by atoms with E-state index in [4.69, 9.17) is 5.73 Å². The quantitative estimate of drug-likeness (QED) is 0.827. The molecule has 1 aliphatic carbocycles. The number of aromatic amines is 1. The maximum absolute atomic E-state index is 12.6. The van der Waals surface area contributed by atoms with Crippen molar-refractivity contribution in [3.05, 3.63) is 35.7 Å². The van der Waals surface area contributed by atoms with Crippen molar-refractivity contribution in [2.45, 2.75) is 37.5 Å². The van der Waals surface area contributed by atoms with Crippen LogP contribution >= 0.6 is 0 Å². The van der Waals surface area contributed by atoms with Crippen LogP contribution in [0.25, 0.3) is 11.4 Å². The molecule has 0 radical (unpaired) electrons. The van der Waals surface area contributed by atoms with Crippen LogP contribution in [-0.4, -0.2) is 63.1 Å². The Morgan fingerprint density at radius 1 is 0.966 bits per heavy atom. The summed E-state index contributed by atoms with van der Waals surface area (Å²) < 4.78 is 0. The molecule has 3 amide bonds. The molecule has 3 fully saturated rings. The van der Waals surface area contributed by atoms with Gasteiger partial charge in [-0.15, -0.1) is 10.2 Å². The first kappa shape index (κ1) is 18.1. The molecule has 3 N–H and O–H groups in total. The van der Waals surface area contributed by atoms with E-state index in [9.17, 15) is 9.59 Å². The van der Waals surface area contributed by atoms with Crippen molar-refractivity contribution < 1.29 is 9.59 Å². The number of nitrogens with zero attached hydrogens (tertiary/aromatic N) is 4. The summed E-state index contributed by atoms with van der Waals surface area (Å²) >= 11 is 0. The largest absolute Gasteiger partial charge is 0.369 e. The Kier molecular flexibility index (Phi) is 4.49. The first-order valence-corrected chi connectivity index (χ1v) is 10.4. The van der Waals surface area contributed by atoms with Crippen molar-refractivity contribution in [1.29, 1.82) is 0 Å². The molecule has 1 atom stereocenters. The molecule has 3 heterocycles. The number of primary amides is 1. The summed E-state index contributed by atoms with van der Waals surface area (Å²) in [5.41, 5.74) is 7.63. The number of nitrogens with one attached hydrogen (secondary N) is 1. The van der Waals surface area contributed by atoms with Gasteiger partial charge in [-0.25, -0.2) is 4.79 Å². The highest BCUT2D eigenvalue weighted by Gasteiger charge is 2.37. The summed E-state index contributed by atoms with van der Waals surface area (Å²) in [4.78, 5) is 30.8. The van der Waals surface area contributed by atoms with E-state index in [0.717, 1.165) is 17.2 Å². The number of urea groups is 1. The van der Waals surface area contributed by atoms with Crippen LogP contribution in [-0.2, 0) is 4.79 Å². The van der Waals surface area contributed by atoms with E-state index in [1.54, 1.807) is 4.90 Å². The summed E-state index contributed by atoms with van der Waals surface area (Å²) in [6.07, 6.45) is 4.35. The van der Waals surface area contributed by atoms with E-state index < -0.39 is 0 Å². The standard InChI is InChI=1S/C21H26N6O2/c22-18(28)16-8-9-26(10-16)21(29)27-11-17(12-27)13-4-6-15(7-5-13)20-23-19(24-25-20)14-2-1-3-14/h4-7,14,16-17H,1-3,8-12H2,(H2,22,28)(H,23,24,25)/t16-/m0/s1. The lowest BCUT2D eigenvalue weighted by Gasteiger charge is -2.41. The third-order valence-corrected chi connectivity index (χ3v) is 6.66. The highest BCUT2D eigenvalue weighted by molar-refractivity contribution is 5.80. The summed E-state index contributed by atoms with van der Waals surface area (Å²) in [6, 6.07) is 8.40. The van der Waals surface area contributed by atoms with Gasteiger partial charge in [0.2, 0.25) is 5.91 Å². The Bertz CT molecular complexity index is 914. The van der Waals surface area contributed by atoms with E-state index in [1.165, 1.54) is 24.8 Å². The monoisotopic (exact) mass is 394 g/mol. The lowest BCUT2D eigenvalue weighted by molar-refractivity contribution is -0.121. The number of hydrogen-bond donors (Lipinski definition) is 2. The van der Waals surface area contributed by atoms with Gasteiger partial charge in [0.05, 0.1) is 5.92 Å². The molecule has 0 bridgehead atoms. The molecule has 0 spiro atoms. The summed E-state index contributed by atoms with van der Waals surface area (Å²) in [6.45, 7) is 2.49. The Balaban J connectivity index is 1.16. The fourth-order valence-corrected chi connectivity index (χ4v) is 4.40. The van der Waals surface area contributed by atoms with Gasteiger partial charge in [-0.2, -0.15) is 0 Å². The Labute approximate surface area is 169 Å². The van der Waals surface area contributed by atoms with Crippen molar-refractivity contribution in [2.24, 2.45) is 11.7 Å².